The molecule has 20 heavy (non-hydrogen) atoms. The van der Waals surface area contributed by atoms with Gasteiger partial charge in [-0.1, -0.05) is 44.2 Å². The number of carbonyl (C=O) groups is 2. The lowest BCUT2D eigenvalue weighted by atomic mass is 10.0. The van der Waals surface area contributed by atoms with Gasteiger partial charge >= 0.3 is 5.97 Å². The molecule has 1 amide bonds. The van der Waals surface area contributed by atoms with Crippen LogP contribution in [0.5, 0.6) is 0 Å². The van der Waals surface area contributed by atoms with Crippen molar-refractivity contribution in [2.45, 2.75) is 26.4 Å². The van der Waals surface area contributed by atoms with E-state index in [1.807, 2.05) is 44.2 Å². The summed E-state index contributed by atoms with van der Waals surface area (Å²) in [5, 5.41) is 5.72. The van der Waals surface area contributed by atoms with Gasteiger partial charge in [0.05, 0.1) is 13.7 Å². The van der Waals surface area contributed by atoms with Crippen LogP contribution in [0.15, 0.2) is 30.3 Å². The second-order valence-corrected chi connectivity index (χ2v) is 4.89. The van der Waals surface area contributed by atoms with E-state index in [1.54, 1.807) is 0 Å². The molecule has 0 saturated carbocycles. The van der Waals surface area contributed by atoms with Crippen molar-refractivity contribution in [3.63, 3.8) is 0 Å². The van der Waals surface area contributed by atoms with Crippen LogP contribution in [0, 0.1) is 5.92 Å². The smallest absolute Gasteiger partial charge is 0.323 e. The lowest BCUT2D eigenvalue weighted by molar-refractivity contribution is -0.144. The molecule has 110 valence electrons. The summed E-state index contributed by atoms with van der Waals surface area (Å²) in [5.41, 5.74) is 1.04. The van der Waals surface area contributed by atoms with Crippen LogP contribution in [-0.2, 0) is 20.9 Å². The van der Waals surface area contributed by atoms with Crippen LogP contribution in [0.25, 0.3) is 0 Å². The first kappa shape index (κ1) is 16.2. The molecule has 0 aromatic heterocycles. The summed E-state index contributed by atoms with van der Waals surface area (Å²) in [6, 6.07) is 9.19. The molecule has 1 aromatic rings. The Balaban J connectivity index is 2.36. The number of rotatable bonds is 7. The van der Waals surface area contributed by atoms with E-state index in [-0.39, 0.29) is 24.3 Å². The van der Waals surface area contributed by atoms with Crippen molar-refractivity contribution in [3.05, 3.63) is 35.9 Å². The normalized spacial score (nSPS) is 12.0. The molecule has 0 saturated heterocycles. The first-order valence-corrected chi connectivity index (χ1v) is 6.66. The van der Waals surface area contributed by atoms with Crippen molar-refractivity contribution in [2.24, 2.45) is 5.92 Å². The zero-order valence-corrected chi connectivity index (χ0v) is 12.2. The molecule has 0 aliphatic carbocycles. The summed E-state index contributed by atoms with van der Waals surface area (Å²) in [5.74, 6) is -0.441. The lowest BCUT2D eigenvalue weighted by Gasteiger charge is -2.19. The minimum Gasteiger partial charge on any atom is -0.468 e. The number of amides is 1. The fraction of sp³-hybridized carbons (Fsp3) is 0.467. The Morgan fingerprint density at radius 3 is 2.40 bits per heavy atom. The Hall–Kier alpha value is -1.88. The summed E-state index contributed by atoms with van der Waals surface area (Å²) in [4.78, 5) is 23.3. The Morgan fingerprint density at radius 2 is 1.85 bits per heavy atom. The molecule has 1 rings (SSSR count). The van der Waals surface area contributed by atoms with E-state index in [4.69, 9.17) is 4.74 Å². The minimum absolute atomic E-state index is 0.0596. The summed E-state index contributed by atoms with van der Waals surface area (Å²) in [6.07, 6.45) is 0. The predicted octanol–water partition coefficient (Wildman–Crippen LogP) is 1.09. The molecule has 0 spiro atoms. The van der Waals surface area contributed by atoms with Gasteiger partial charge in [0.1, 0.15) is 6.04 Å². The standard InChI is InChI=1S/C15H22N2O3/c1-11(2)14(15(19)20-3)17-10-13(18)16-9-12-7-5-4-6-8-12/h4-8,11,14,17H,9-10H2,1-3H3,(H,16,18). The predicted molar refractivity (Wildman–Crippen MR) is 76.9 cm³/mol. The third kappa shape index (κ3) is 5.40. The van der Waals surface area contributed by atoms with Crippen LogP contribution < -0.4 is 10.6 Å². The van der Waals surface area contributed by atoms with Gasteiger partial charge < -0.3 is 10.1 Å². The van der Waals surface area contributed by atoms with Crippen molar-refractivity contribution in [3.8, 4) is 0 Å². The maximum absolute atomic E-state index is 11.7. The molecular weight excluding hydrogens is 256 g/mol. The number of hydrogen-bond donors (Lipinski definition) is 2. The number of methoxy groups -OCH3 is 1. The van der Waals surface area contributed by atoms with E-state index in [2.05, 4.69) is 10.6 Å². The lowest BCUT2D eigenvalue weighted by Crippen LogP contribution is -2.46. The first-order chi connectivity index (χ1) is 9.54. The van der Waals surface area contributed by atoms with Gasteiger partial charge in [0.25, 0.3) is 0 Å². The van der Waals surface area contributed by atoms with Gasteiger partial charge in [0.2, 0.25) is 5.91 Å². The Morgan fingerprint density at radius 1 is 1.20 bits per heavy atom. The van der Waals surface area contributed by atoms with Crippen LogP contribution in [0.3, 0.4) is 0 Å². The largest absolute Gasteiger partial charge is 0.468 e. The third-order valence-corrected chi connectivity index (χ3v) is 2.94. The molecule has 5 heteroatoms. The number of benzene rings is 1. The molecule has 1 unspecified atom stereocenters. The average Bonchev–Trinajstić information content (AvgIpc) is 2.45. The van der Waals surface area contributed by atoms with E-state index < -0.39 is 6.04 Å². The zero-order valence-electron chi connectivity index (χ0n) is 12.2. The molecule has 2 N–H and O–H groups in total. The van der Waals surface area contributed by atoms with Gasteiger partial charge in [-0.3, -0.25) is 14.9 Å². The first-order valence-electron chi connectivity index (χ1n) is 6.66. The Bertz CT molecular complexity index is 432. The molecule has 0 heterocycles. The van der Waals surface area contributed by atoms with Gasteiger partial charge in [-0.2, -0.15) is 0 Å². The highest BCUT2D eigenvalue weighted by Crippen LogP contribution is 2.03. The van der Waals surface area contributed by atoms with Crippen molar-refractivity contribution < 1.29 is 14.3 Å². The maximum atomic E-state index is 11.7. The summed E-state index contributed by atoms with van der Waals surface area (Å²) in [7, 11) is 1.34. The zero-order chi connectivity index (χ0) is 15.0. The fourth-order valence-electron chi connectivity index (χ4n) is 1.78. The molecule has 5 nitrogen and oxygen atoms in total. The molecular formula is C15H22N2O3. The van der Waals surface area contributed by atoms with Gasteiger partial charge in [-0.15, -0.1) is 0 Å². The monoisotopic (exact) mass is 278 g/mol. The van der Waals surface area contributed by atoms with Gasteiger partial charge in [-0.05, 0) is 11.5 Å². The molecule has 0 radical (unpaired) electrons. The summed E-state index contributed by atoms with van der Waals surface area (Å²) >= 11 is 0. The average molecular weight is 278 g/mol. The number of hydrogen-bond acceptors (Lipinski definition) is 4. The second-order valence-electron chi connectivity index (χ2n) is 4.89. The number of ether oxygens (including phenoxy) is 1. The molecule has 1 aromatic carbocycles. The number of carbonyl (C=O) groups excluding carboxylic acids is 2. The van der Waals surface area contributed by atoms with E-state index in [9.17, 15) is 9.59 Å². The minimum atomic E-state index is -0.470. The molecule has 0 bridgehead atoms. The highest BCUT2D eigenvalue weighted by Gasteiger charge is 2.22. The fourth-order valence-corrected chi connectivity index (χ4v) is 1.78. The van der Waals surface area contributed by atoms with E-state index in [1.165, 1.54) is 7.11 Å². The van der Waals surface area contributed by atoms with Crippen LogP contribution >= 0.6 is 0 Å². The molecule has 0 aliphatic heterocycles. The number of nitrogens with one attached hydrogen (secondary N) is 2. The summed E-state index contributed by atoms with van der Waals surface area (Å²) in [6.45, 7) is 4.36. The van der Waals surface area contributed by atoms with Gasteiger partial charge in [0.15, 0.2) is 0 Å². The van der Waals surface area contributed by atoms with E-state index >= 15 is 0 Å². The SMILES string of the molecule is COC(=O)C(NCC(=O)NCc1ccccc1)C(C)C. The van der Waals surface area contributed by atoms with Gasteiger partial charge in [0, 0.05) is 6.54 Å². The third-order valence-electron chi connectivity index (χ3n) is 2.94. The van der Waals surface area contributed by atoms with Crippen LogP contribution in [-0.4, -0.2) is 31.6 Å². The molecule has 0 aliphatic rings. The van der Waals surface area contributed by atoms with Gasteiger partial charge in [-0.25, -0.2) is 0 Å². The highest BCUT2D eigenvalue weighted by atomic mass is 16.5. The highest BCUT2D eigenvalue weighted by molar-refractivity contribution is 5.80. The quantitative estimate of drug-likeness (QED) is 0.733. The van der Waals surface area contributed by atoms with Crippen LogP contribution in [0.2, 0.25) is 0 Å². The Labute approximate surface area is 119 Å². The van der Waals surface area contributed by atoms with E-state index in [0.29, 0.717) is 6.54 Å². The second kappa shape index (κ2) is 8.32. The summed E-state index contributed by atoms with van der Waals surface area (Å²) < 4.78 is 4.70. The van der Waals surface area contributed by atoms with E-state index in [0.717, 1.165) is 5.56 Å². The van der Waals surface area contributed by atoms with Crippen molar-refractivity contribution in [1.82, 2.24) is 10.6 Å². The van der Waals surface area contributed by atoms with Crippen molar-refractivity contribution in [2.75, 3.05) is 13.7 Å². The van der Waals surface area contributed by atoms with Crippen LogP contribution in [0.4, 0.5) is 0 Å². The molecule has 1 atom stereocenters. The topological polar surface area (TPSA) is 67.4 Å². The van der Waals surface area contributed by atoms with Crippen LogP contribution in [0.1, 0.15) is 19.4 Å². The molecule has 0 fully saturated rings. The van der Waals surface area contributed by atoms with Crippen molar-refractivity contribution in [1.29, 1.82) is 0 Å². The van der Waals surface area contributed by atoms with Crippen molar-refractivity contribution >= 4 is 11.9 Å². The Kier molecular flexibility index (Phi) is 6.73. The maximum Gasteiger partial charge on any atom is 0.323 e. The number of esters is 1.